The molecule has 0 atom stereocenters. The van der Waals surface area contributed by atoms with E-state index in [1.54, 1.807) is 18.3 Å². The molecule has 0 aliphatic carbocycles. The number of hydrogen-bond donors (Lipinski definition) is 1. The molecule has 3 heteroatoms. The van der Waals surface area contributed by atoms with Gasteiger partial charge in [0.15, 0.2) is 0 Å². The lowest BCUT2D eigenvalue weighted by Gasteiger charge is -2.05. The van der Waals surface area contributed by atoms with Crippen LogP contribution in [0.5, 0.6) is 0 Å². The van der Waals surface area contributed by atoms with Gasteiger partial charge in [0.05, 0.1) is 0 Å². The summed E-state index contributed by atoms with van der Waals surface area (Å²) >= 11 is 6.00. The van der Waals surface area contributed by atoms with Gasteiger partial charge in [-0.25, -0.2) is 0 Å². The van der Waals surface area contributed by atoms with E-state index in [4.69, 9.17) is 11.6 Å². The zero-order chi connectivity index (χ0) is 10.8. The van der Waals surface area contributed by atoms with Crippen molar-refractivity contribution in [1.82, 2.24) is 4.98 Å². The number of halogens is 1. The van der Waals surface area contributed by atoms with Crippen molar-refractivity contribution in [1.29, 1.82) is 0 Å². The first-order valence-corrected chi connectivity index (χ1v) is 5.01. The summed E-state index contributed by atoms with van der Waals surface area (Å²) in [5.74, 6) is 0. The molecule has 0 saturated carbocycles. The van der Waals surface area contributed by atoms with E-state index < -0.39 is 0 Å². The maximum atomic E-state index is 11.6. The first-order valence-electron chi connectivity index (χ1n) is 4.63. The Morgan fingerprint density at radius 1 is 1.13 bits per heavy atom. The van der Waals surface area contributed by atoms with Gasteiger partial charge < -0.3 is 4.98 Å². The molecular formula is C12H10ClNO. The van der Waals surface area contributed by atoms with Crippen molar-refractivity contribution < 1.29 is 0 Å². The van der Waals surface area contributed by atoms with Crippen LogP contribution in [-0.4, -0.2) is 4.98 Å². The van der Waals surface area contributed by atoms with Crippen LogP contribution in [0.3, 0.4) is 0 Å². The molecule has 1 aromatic heterocycles. The molecule has 0 radical (unpaired) electrons. The standard InChI is InChI=1S/C12H10ClNO/c1-8-9(4-2-6-11(8)13)10-5-3-7-14-12(10)15/h2-7H,1H3,(H,14,15). The number of rotatable bonds is 1. The van der Waals surface area contributed by atoms with Crippen LogP contribution in [0.25, 0.3) is 11.1 Å². The molecule has 2 nitrogen and oxygen atoms in total. The summed E-state index contributed by atoms with van der Waals surface area (Å²) in [6.45, 7) is 1.91. The third-order valence-corrected chi connectivity index (χ3v) is 2.79. The topological polar surface area (TPSA) is 32.9 Å². The lowest BCUT2D eigenvalue weighted by atomic mass is 10.0. The Balaban J connectivity index is 2.70. The Kier molecular flexibility index (Phi) is 2.60. The van der Waals surface area contributed by atoms with Crippen molar-refractivity contribution in [3.8, 4) is 11.1 Å². The summed E-state index contributed by atoms with van der Waals surface area (Å²) in [5, 5.41) is 0.677. The van der Waals surface area contributed by atoms with Gasteiger partial charge in [0, 0.05) is 16.8 Å². The third-order valence-electron chi connectivity index (χ3n) is 2.38. The normalized spacial score (nSPS) is 10.3. The first kappa shape index (κ1) is 9.99. The Labute approximate surface area is 92.5 Å². The van der Waals surface area contributed by atoms with Crippen LogP contribution in [-0.2, 0) is 0 Å². The first-order chi connectivity index (χ1) is 7.20. The Hall–Kier alpha value is -1.54. The van der Waals surface area contributed by atoms with Gasteiger partial charge in [0.2, 0.25) is 0 Å². The number of pyridine rings is 1. The van der Waals surface area contributed by atoms with Crippen molar-refractivity contribution in [2.24, 2.45) is 0 Å². The highest BCUT2D eigenvalue weighted by Gasteiger charge is 2.07. The van der Waals surface area contributed by atoms with Crippen molar-refractivity contribution in [2.45, 2.75) is 6.92 Å². The van der Waals surface area contributed by atoms with Crippen LogP contribution in [0.15, 0.2) is 41.3 Å². The zero-order valence-corrected chi connectivity index (χ0v) is 9.01. The van der Waals surface area contributed by atoms with Crippen molar-refractivity contribution in [3.05, 3.63) is 57.5 Å². The Morgan fingerprint density at radius 3 is 2.60 bits per heavy atom. The molecule has 0 bridgehead atoms. The van der Waals surface area contributed by atoms with Crippen molar-refractivity contribution in [3.63, 3.8) is 0 Å². The van der Waals surface area contributed by atoms with E-state index in [-0.39, 0.29) is 5.56 Å². The molecule has 15 heavy (non-hydrogen) atoms. The number of aromatic amines is 1. The number of H-pyrrole nitrogens is 1. The molecule has 0 aliphatic rings. The average Bonchev–Trinajstić information content (AvgIpc) is 2.23. The molecule has 0 amide bonds. The number of hydrogen-bond acceptors (Lipinski definition) is 1. The van der Waals surface area contributed by atoms with Gasteiger partial charge in [-0.15, -0.1) is 0 Å². The fourth-order valence-corrected chi connectivity index (χ4v) is 1.71. The predicted molar refractivity (Wildman–Crippen MR) is 62.2 cm³/mol. The highest BCUT2D eigenvalue weighted by Crippen LogP contribution is 2.25. The molecule has 0 spiro atoms. The number of aromatic nitrogens is 1. The minimum atomic E-state index is -0.0946. The van der Waals surface area contributed by atoms with Gasteiger partial charge in [-0.1, -0.05) is 23.7 Å². The zero-order valence-electron chi connectivity index (χ0n) is 8.25. The summed E-state index contributed by atoms with van der Waals surface area (Å²) in [4.78, 5) is 14.2. The lowest BCUT2D eigenvalue weighted by Crippen LogP contribution is -2.07. The molecular weight excluding hydrogens is 210 g/mol. The number of nitrogens with one attached hydrogen (secondary N) is 1. The fraction of sp³-hybridized carbons (Fsp3) is 0.0833. The molecule has 2 aromatic rings. The largest absolute Gasteiger partial charge is 0.329 e. The smallest absolute Gasteiger partial charge is 0.255 e. The molecule has 0 fully saturated rings. The second kappa shape index (κ2) is 3.91. The summed E-state index contributed by atoms with van der Waals surface area (Å²) < 4.78 is 0. The van der Waals surface area contributed by atoms with Crippen LogP contribution in [0.2, 0.25) is 5.02 Å². The van der Waals surface area contributed by atoms with Gasteiger partial charge in [-0.2, -0.15) is 0 Å². The highest BCUT2D eigenvalue weighted by atomic mass is 35.5. The molecule has 76 valence electrons. The highest BCUT2D eigenvalue weighted by molar-refractivity contribution is 6.31. The van der Waals surface area contributed by atoms with E-state index in [9.17, 15) is 4.79 Å². The van der Waals surface area contributed by atoms with E-state index >= 15 is 0 Å². The molecule has 1 heterocycles. The van der Waals surface area contributed by atoms with Crippen LogP contribution >= 0.6 is 11.6 Å². The Bertz CT molecular complexity index is 545. The third kappa shape index (κ3) is 1.81. The minimum absolute atomic E-state index is 0.0946. The van der Waals surface area contributed by atoms with Crippen LogP contribution < -0.4 is 5.56 Å². The maximum Gasteiger partial charge on any atom is 0.255 e. The summed E-state index contributed by atoms with van der Waals surface area (Å²) in [6.07, 6.45) is 1.62. The molecule has 2 rings (SSSR count). The van der Waals surface area contributed by atoms with Gasteiger partial charge in [0.25, 0.3) is 5.56 Å². The van der Waals surface area contributed by atoms with Crippen LogP contribution in [0, 0.1) is 6.92 Å². The number of benzene rings is 1. The second-order valence-electron chi connectivity index (χ2n) is 3.33. The van der Waals surface area contributed by atoms with Gasteiger partial charge in [0.1, 0.15) is 0 Å². The second-order valence-corrected chi connectivity index (χ2v) is 3.73. The predicted octanol–water partition coefficient (Wildman–Crippen LogP) is 3.00. The van der Waals surface area contributed by atoms with Crippen molar-refractivity contribution in [2.75, 3.05) is 0 Å². The average molecular weight is 220 g/mol. The van der Waals surface area contributed by atoms with Crippen LogP contribution in [0.1, 0.15) is 5.56 Å². The monoisotopic (exact) mass is 219 g/mol. The van der Waals surface area contributed by atoms with E-state index in [0.717, 1.165) is 11.1 Å². The quantitative estimate of drug-likeness (QED) is 0.786. The lowest BCUT2D eigenvalue weighted by molar-refractivity contribution is 1.24. The fourth-order valence-electron chi connectivity index (χ4n) is 1.53. The van der Waals surface area contributed by atoms with Gasteiger partial charge in [-0.05, 0) is 36.2 Å². The Morgan fingerprint density at radius 2 is 1.87 bits per heavy atom. The maximum absolute atomic E-state index is 11.6. The minimum Gasteiger partial charge on any atom is -0.329 e. The molecule has 0 saturated heterocycles. The van der Waals surface area contributed by atoms with E-state index in [1.807, 2.05) is 25.1 Å². The van der Waals surface area contributed by atoms with E-state index in [2.05, 4.69) is 4.98 Å². The summed E-state index contributed by atoms with van der Waals surface area (Å²) in [5.41, 5.74) is 2.36. The molecule has 0 unspecified atom stereocenters. The SMILES string of the molecule is Cc1c(Cl)cccc1-c1ccc[nH]c1=O. The van der Waals surface area contributed by atoms with Crippen molar-refractivity contribution >= 4 is 11.6 Å². The summed E-state index contributed by atoms with van der Waals surface area (Å²) in [7, 11) is 0. The van der Waals surface area contributed by atoms with Gasteiger partial charge >= 0.3 is 0 Å². The van der Waals surface area contributed by atoms with Crippen LogP contribution in [0.4, 0.5) is 0 Å². The van der Waals surface area contributed by atoms with E-state index in [1.165, 1.54) is 0 Å². The summed E-state index contributed by atoms with van der Waals surface area (Å²) in [6, 6.07) is 9.15. The molecule has 0 aliphatic heterocycles. The molecule has 1 aromatic carbocycles. The molecule has 1 N–H and O–H groups in total. The van der Waals surface area contributed by atoms with E-state index in [0.29, 0.717) is 10.6 Å². The van der Waals surface area contributed by atoms with Gasteiger partial charge in [-0.3, -0.25) is 4.79 Å².